The molecular weight excluding hydrogens is 320 g/mol. The van der Waals surface area contributed by atoms with E-state index in [0.717, 1.165) is 17.0 Å². The molecule has 0 saturated carbocycles. The number of carbonyl (C=O) groups is 2. The zero-order chi connectivity index (χ0) is 18.4. The van der Waals surface area contributed by atoms with E-state index in [1.54, 1.807) is 17.9 Å². The second-order valence-electron chi connectivity index (χ2n) is 5.51. The van der Waals surface area contributed by atoms with Crippen LogP contribution < -0.4 is 15.4 Å². The number of para-hydroxylation sites is 1. The van der Waals surface area contributed by atoms with Crippen molar-refractivity contribution in [2.75, 3.05) is 19.0 Å². The molecule has 0 aliphatic carbocycles. The van der Waals surface area contributed by atoms with Crippen LogP contribution in [0.3, 0.4) is 0 Å². The molecule has 0 spiro atoms. The number of rotatable bonds is 6. The number of aromatic nitrogens is 2. The van der Waals surface area contributed by atoms with Crippen LogP contribution >= 0.6 is 0 Å². The van der Waals surface area contributed by atoms with Crippen molar-refractivity contribution in [2.24, 2.45) is 7.05 Å². The van der Waals surface area contributed by atoms with E-state index in [4.69, 9.17) is 4.74 Å². The van der Waals surface area contributed by atoms with E-state index >= 15 is 0 Å². The van der Waals surface area contributed by atoms with Gasteiger partial charge in [0.2, 0.25) is 11.8 Å². The van der Waals surface area contributed by atoms with E-state index < -0.39 is 0 Å². The monoisotopic (exact) mass is 342 g/mol. The molecule has 7 heteroatoms. The molecule has 0 unspecified atom stereocenters. The van der Waals surface area contributed by atoms with Gasteiger partial charge in [0.05, 0.1) is 30.7 Å². The zero-order valence-corrected chi connectivity index (χ0v) is 14.8. The fourth-order valence-corrected chi connectivity index (χ4v) is 2.33. The van der Waals surface area contributed by atoms with E-state index in [1.165, 1.54) is 6.08 Å². The minimum atomic E-state index is -0.360. The van der Waals surface area contributed by atoms with Crippen LogP contribution in [0.25, 0.3) is 6.08 Å². The van der Waals surface area contributed by atoms with Gasteiger partial charge in [-0.2, -0.15) is 5.10 Å². The maximum atomic E-state index is 12.0. The van der Waals surface area contributed by atoms with Gasteiger partial charge >= 0.3 is 0 Å². The normalized spacial score (nSPS) is 10.7. The van der Waals surface area contributed by atoms with Gasteiger partial charge in [0.1, 0.15) is 5.75 Å². The van der Waals surface area contributed by atoms with Crippen molar-refractivity contribution in [2.45, 2.75) is 13.8 Å². The topological polar surface area (TPSA) is 85.2 Å². The highest BCUT2D eigenvalue weighted by Gasteiger charge is 2.12. The number of hydrogen-bond acceptors (Lipinski definition) is 4. The van der Waals surface area contributed by atoms with Crippen LogP contribution in [0, 0.1) is 13.8 Å². The Morgan fingerprint density at radius 1 is 1.28 bits per heavy atom. The van der Waals surface area contributed by atoms with E-state index in [9.17, 15) is 9.59 Å². The van der Waals surface area contributed by atoms with Crippen LogP contribution in [0.4, 0.5) is 5.69 Å². The molecule has 0 atom stereocenters. The van der Waals surface area contributed by atoms with Crippen LogP contribution in [0.2, 0.25) is 0 Å². The number of benzene rings is 1. The summed E-state index contributed by atoms with van der Waals surface area (Å²) in [5, 5.41) is 9.55. The van der Waals surface area contributed by atoms with Crippen molar-refractivity contribution in [1.29, 1.82) is 0 Å². The molecule has 2 N–H and O–H groups in total. The molecule has 1 aromatic heterocycles. The van der Waals surface area contributed by atoms with Gasteiger partial charge < -0.3 is 15.4 Å². The molecule has 2 rings (SSSR count). The lowest BCUT2D eigenvalue weighted by Crippen LogP contribution is -2.31. The van der Waals surface area contributed by atoms with Gasteiger partial charge in [0, 0.05) is 18.7 Å². The summed E-state index contributed by atoms with van der Waals surface area (Å²) >= 11 is 0. The summed E-state index contributed by atoms with van der Waals surface area (Å²) in [6.45, 7) is 3.56. The largest absolute Gasteiger partial charge is 0.496 e. The summed E-state index contributed by atoms with van der Waals surface area (Å²) < 4.78 is 6.91. The number of amides is 2. The first kappa shape index (κ1) is 18.3. The first-order valence-corrected chi connectivity index (χ1v) is 7.81. The number of nitrogens with one attached hydrogen (secondary N) is 2. The summed E-state index contributed by atoms with van der Waals surface area (Å²) in [6, 6.07) is 7.35. The molecule has 0 fully saturated rings. The Balaban J connectivity index is 1.89. The fraction of sp³-hybridized carbons (Fsp3) is 0.278. The van der Waals surface area contributed by atoms with Gasteiger partial charge in [-0.3, -0.25) is 14.3 Å². The molecule has 7 nitrogen and oxygen atoms in total. The van der Waals surface area contributed by atoms with Gasteiger partial charge in [-0.1, -0.05) is 18.2 Å². The average Bonchev–Trinajstić information content (AvgIpc) is 2.84. The van der Waals surface area contributed by atoms with Crippen LogP contribution in [-0.4, -0.2) is 35.2 Å². The maximum Gasteiger partial charge on any atom is 0.244 e. The Hall–Kier alpha value is -3.09. The molecule has 0 aliphatic heterocycles. The second kappa shape index (κ2) is 8.14. The van der Waals surface area contributed by atoms with Crippen LogP contribution in [0.15, 0.2) is 30.3 Å². The molecule has 0 aliphatic rings. The Labute approximate surface area is 146 Å². The van der Waals surface area contributed by atoms with Crippen molar-refractivity contribution in [1.82, 2.24) is 15.1 Å². The zero-order valence-electron chi connectivity index (χ0n) is 14.8. The lowest BCUT2D eigenvalue weighted by molar-refractivity contribution is -0.121. The van der Waals surface area contributed by atoms with Gasteiger partial charge in [-0.15, -0.1) is 0 Å². The Kier molecular flexibility index (Phi) is 5.94. The van der Waals surface area contributed by atoms with Crippen molar-refractivity contribution in [3.8, 4) is 5.75 Å². The Morgan fingerprint density at radius 2 is 2.00 bits per heavy atom. The highest BCUT2D eigenvalue weighted by atomic mass is 16.5. The van der Waals surface area contributed by atoms with Gasteiger partial charge in [0.15, 0.2) is 0 Å². The standard InChI is InChI=1S/C18H22N4O3/c1-12-18(13(2)22(3)21-12)20-17(24)11-19-16(23)10-9-14-7-5-6-8-15(14)25-4/h5-10H,11H2,1-4H3,(H,19,23)(H,20,24)/b10-9+. The van der Waals surface area contributed by atoms with E-state index in [-0.39, 0.29) is 18.4 Å². The van der Waals surface area contributed by atoms with E-state index in [2.05, 4.69) is 15.7 Å². The first-order valence-electron chi connectivity index (χ1n) is 7.81. The minimum absolute atomic E-state index is 0.122. The highest BCUT2D eigenvalue weighted by molar-refractivity contribution is 5.98. The third-order valence-electron chi connectivity index (χ3n) is 3.75. The van der Waals surface area contributed by atoms with Gasteiger partial charge in [0.25, 0.3) is 0 Å². The second-order valence-corrected chi connectivity index (χ2v) is 5.51. The third-order valence-corrected chi connectivity index (χ3v) is 3.75. The van der Waals surface area contributed by atoms with Gasteiger partial charge in [-0.25, -0.2) is 0 Å². The SMILES string of the molecule is COc1ccccc1/C=C/C(=O)NCC(=O)Nc1c(C)nn(C)c1C. The van der Waals surface area contributed by atoms with Crippen LogP contribution in [-0.2, 0) is 16.6 Å². The smallest absolute Gasteiger partial charge is 0.244 e. The van der Waals surface area contributed by atoms with Crippen LogP contribution in [0.5, 0.6) is 5.75 Å². The number of carbonyl (C=O) groups excluding carboxylic acids is 2. The summed E-state index contributed by atoms with van der Waals surface area (Å²) in [7, 11) is 3.38. The molecule has 2 amide bonds. The predicted octanol–water partition coefficient (Wildman–Crippen LogP) is 1.81. The quantitative estimate of drug-likeness (QED) is 0.784. The number of aryl methyl sites for hydroxylation is 2. The Morgan fingerprint density at radius 3 is 2.64 bits per heavy atom. The van der Waals surface area contributed by atoms with E-state index in [0.29, 0.717) is 11.4 Å². The first-order chi connectivity index (χ1) is 11.9. The van der Waals surface area contributed by atoms with Crippen molar-refractivity contribution in [3.63, 3.8) is 0 Å². The maximum absolute atomic E-state index is 12.0. The van der Waals surface area contributed by atoms with E-state index in [1.807, 2.05) is 45.2 Å². The average molecular weight is 342 g/mol. The number of ether oxygens (including phenoxy) is 1. The fourth-order valence-electron chi connectivity index (χ4n) is 2.33. The highest BCUT2D eigenvalue weighted by Crippen LogP contribution is 2.19. The molecule has 1 heterocycles. The lowest BCUT2D eigenvalue weighted by Gasteiger charge is -2.06. The molecule has 2 aromatic rings. The predicted molar refractivity (Wildman–Crippen MR) is 96.3 cm³/mol. The summed E-state index contributed by atoms with van der Waals surface area (Å²) in [5.74, 6) is 0.00532. The van der Waals surface area contributed by atoms with Gasteiger partial charge in [-0.05, 0) is 26.0 Å². The van der Waals surface area contributed by atoms with Crippen molar-refractivity contribution < 1.29 is 14.3 Å². The van der Waals surface area contributed by atoms with Crippen molar-refractivity contribution >= 4 is 23.6 Å². The molecule has 0 radical (unpaired) electrons. The summed E-state index contributed by atoms with van der Waals surface area (Å²) in [4.78, 5) is 23.9. The molecular formula is C18H22N4O3. The summed E-state index contributed by atoms with van der Waals surface area (Å²) in [6.07, 6.45) is 3.01. The lowest BCUT2D eigenvalue weighted by atomic mass is 10.2. The minimum Gasteiger partial charge on any atom is -0.496 e. The summed E-state index contributed by atoms with van der Waals surface area (Å²) in [5.41, 5.74) is 3.04. The Bertz CT molecular complexity index is 809. The molecule has 0 bridgehead atoms. The number of methoxy groups -OCH3 is 1. The number of hydrogen-bond donors (Lipinski definition) is 2. The number of nitrogens with zero attached hydrogens (tertiary/aromatic N) is 2. The van der Waals surface area contributed by atoms with Crippen LogP contribution in [0.1, 0.15) is 17.0 Å². The molecule has 25 heavy (non-hydrogen) atoms. The molecule has 0 saturated heterocycles. The molecule has 1 aromatic carbocycles. The third kappa shape index (κ3) is 4.69. The number of anilines is 1. The van der Waals surface area contributed by atoms with Crippen molar-refractivity contribution in [3.05, 3.63) is 47.3 Å². The molecule has 132 valence electrons.